The summed E-state index contributed by atoms with van der Waals surface area (Å²) < 4.78 is 0. The summed E-state index contributed by atoms with van der Waals surface area (Å²) in [5.41, 5.74) is 1.21. The molecule has 0 aliphatic carbocycles. The second-order valence-corrected chi connectivity index (χ2v) is 3.36. The molecule has 0 radical (unpaired) electrons. The van der Waals surface area contributed by atoms with E-state index in [1.165, 1.54) is 5.56 Å². The van der Waals surface area contributed by atoms with Crippen molar-refractivity contribution in [3.8, 4) is 0 Å². The van der Waals surface area contributed by atoms with Crippen LogP contribution in [0.1, 0.15) is 31.2 Å². The van der Waals surface area contributed by atoms with Gasteiger partial charge in [0.25, 0.3) is 0 Å². The normalized spacial score (nSPS) is 12.4. The van der Waals surface area contributed by atoms with E-state index in [1.807, 2.05) is 30.3 Å². The van der Waals surface area contributed by atoms with Gasteiger partial charge < -0.3 is 0 Å². The summed E-state index contributed by atoms with van der Waals surface area (Å²) in [5, 5.41) is 10.3. The molecule has 1 rings (SSSR count). The Hall–Kier alpha value is -1.38. The molecule has 3 heteroatoms. The summed E-state index contributed by atoms with van der Waals surface area (Å²) in [4.78, 5) is 10.0. The van der Waals surface area contributed by atoms with Crippen LogP contribution in [0.3, 0.4) is 0 Å². The number of nitro groups is 1. The molecule has 0 fully saturated rings. The molecule has 0 aliphatic heterocycles. The van der Waals surface area contributed by atoms with E-state index < -0.39 is 0 Å². The molecule has 14 heavy (non-hydrogen) atoms. The van der Waals surface area contributed by atoms with Crippen LogP contribution in [0.15, 0.2) is 30.3 Å². The lowest BCUT2D eigenvalue weighted by Crippen LogP contribution is -2.07. The van der Waals surface area contributed by atoms with Gasteiger partial charge in [0.2, 0.25) is 6.54 Å². The molecule has 1 aromatic rings. The Morgan fingerprint density at radius 3 is 2.50 bits per heavy atom. The van der Waals surface area contributed by atoms with Crippen molar-refractivity contribution in [2.75, 3.05) is 6.54 Å². The maximum absolute atomic E-state index is 10.3. The molecule has 0 unspecified atom stereocenters. The smallest absolute Gasteiger partial charge is 0.204 e. The van der Waals surface area contributed by atoms with Gasteiger partial charge in [0.1, 0.15) is 0 Å². The number of hydrogen-bond acceptors (Lipinski definition) is 2. The molecule has 3 nitrogen and oxygen atoms in total. The Kier molecular flexibility index (Phi) is 4.11. The van der Waals surface area contributed by atoms with Gasteiger partial charge in [-0.15, -0.1) is 0 Å². The fraction of sp³-hybridized carbons (Fsp3) is 0.455. The van der Waals surface area contributed by atoms with Gasteiger partial charge in [0.15, 0.2) is 0 Å². The van der Waals surface area contributed by atoms with Gasteiger partial charge in [-0.3, -0.25) is 10.1 Å². The van der Waals surface area contributed by atoms with Crippen molar-refractivity contribution in [2.24, 2.45) is 0 Å². The number of rotatable bonds is 5. The second kappa shape index (κ2) is 5.37. The van der Waals surface area contributed by atoms with Gasteiger partial charge in [0.05, 0.1) is 0 Å². The summed E-state index contributed by atoms with van der Waals surface area (Å²) in [5.74, 6) is 0.321. The zero-order valence-electron chi connectivity index (χ0n) is 8.35. The highest BCUT2D eigenvalue weighted by molar-refractivity contribution is 5.19. The lowest BCUT2D eigenvalue weighted by Gasteiger charge is -2.12. The molecule has 0 saturated heterocycles. The minimum absolute atomic E-state index is 0.0629. The average Bonchev–Trinajstić information content (AvgIpc) is 2.20. The highest BCUT2D eigenvalue weighted by atomic mass is 16.6. The van der Waals surface area contributed by atoms with Crippen molar-refractivity contribution < 1.29 is 4.92 Å². The fourth-order valence-corrected chi connectivity index (χ4v) is 1.59. The largest absolute Gasteiger partial charge is 0.265 e. The molecular weight excluding hydrogens is 178 g/mol. The zero-order chi connectivity index (χ0) is 10.4. The van der Waals surface area contributed by atoms with E-state index in [0.717, 1.165) is 6.42 Å². The minimum atomic E-state index is -0.244. The van der Waals surface area contributed by atoms with Crippen LogP contribution in [0.5, 0.6) is 0 Å². The molecule has 0 amide bonds. The first kappa shape index (κ1) is 10.7. The van der Waals surface area contributed by atoms with Gasteiger partial charge >= 0.3 is 0 Å². The van der Waals surface area contributed by atoms with E-state index >= 15 is 0 Å². The third-order valence-electron chi connectivity index (χ3n) is 2.42. The summed E-state index contributed by atoms with van der Waals surface area (Å²) >= 11 is 0. The maximum Gasteiger partial charge on any atom is 0.204 e. The zero-order valence-corrected chi connectivity index (χ0v) is 8.35. The van der Waals surface area contributed by atoms with Gasteiger partial charge in [-0.1, -0.05) is 37.3 Å². The predicted molar refractivity (Wildman–Crippen MR) is 56.0 cm³/mol. The van der Waals surface area contributed by atoms with Crippen LogP contribution >= 0.6 is 0 Å². The van der Waals surface area contributed by atoms with Crippen molar-refractivity contribution in [1.29, 1.82) is 0 Å². The summed E-state index contributed by atoms with van der Waals surface area (Å²) in [6, 6.07) is 9.99. The van der Waals surface area contributed by atoms with Crippen LogP contribution in [0.25, 0.3) is 0 Å². The van der Waals surface area contributed by atoms with E-state index in [4.69, 9.17) is 0 Å². The second-order valence-electron chi connectivity index (χ2n) is 3.36. The topological polar surface area (TPSA) is 43.1 Å². The molecule has 0 bridgehead atoms. The maximum atomic E-state index is 10.3. The summed E-state index contributed by atoms with van der Waals surface area (Å²) in [6.07, 6.45) is 1.59. The van der Waals surface area contributed by atoms with Crippen molar-refractivity contribution in [2.45, 2.75) is 25.7 Å². The Morgan fingerprint density at radius 1 is 1.36 bits per heavy atom. The van der Waals surface area contributed by atoms with Crippen LogP contribution in [-0.4, -0.2) is 11.5 Å². The SMILES string of the molecule is CC[C@@H](CC[N+](=O)[O-])c1ccccc1. The van der Waals surface area contributed by atoms with Crippen LogP contribution < -0.4 is 0 Å². The van der Waals surface area contributed by atoms with E-state index in [1.54, 1.807) is 0 Å². The minimum Gasteiger partial charge on any atom is -0.265 e. The number of benzene rings is 1. The first-order valence-corrected chi connectivity index (χ1v) is 4.90. The predicted octanol–water partition coefficient (Wildman–Crippen LogP) is 2.85. The molecule has 0 spiro atoms. The van der Waals surface area contributed by atoms with Crippen LogP contribution in [0.2, 0.25) is 0 Å². The molecule has 0 heterocycles. The quantitative estimate of drug-likeness (QED) is 0.533. The fourth-order valence-electron chi connectivity index (χ4n) is 1.59. The third kappa shape index (κ3) is 3.17. The van der Waals surface area contributed by atoms with E-state index in [9.17, 15) is 10.1 Å². The molecule has 1 atom stereocenters. The first-order valence-electron chi connectivity index (χ1n) is 4.90. The molecule has 0 N–H and O–H groups in total. The third-order valence-corrected chi connectivity index (χ3v) is 2.42. The molecule has 0 aromatic heterocycles. The summed E-state index contributed by atoms with van der Waals surface area (Å²) in [6.45, 7) is 2.13. The summed E-state index contributed by atoms with van der Waals surface area (Å²) in [7, 11) is 0. The van der Waals surface area contributed by atoms with Crippen molar-refractivity contribution in [3.05, 3.63) is 46.0 Å². The number of hydrogen-bond donors (Lipinski definition) is 0. The number of nitrogens with zero attached hydrogens (tertiary/aromatic N) is 1. The monoisotopic (exact) mass is 193 g/mol. The Labute approximate surface area is 83.9 Å². The van der Waals surface area contributed by atoms with Crippen LogP contribution in [-0.2, 0) is 0 Å². The van der Waals surface area contributed by atoms with E-state index in [-0.39, 0.29) is 11.5 Å². The van der Waals surface area contributed by atoms with Crippen molar-refractivity contribution in [3.63, 3.8) is 0 Å². The molecule has 0 aliphatic rings. The van der Waals surface area contributed by atoms with Gasteiger partial charge in [-0.05, 0) is 17.9 Å². The van der Waals surface area contributed by atoms with Crippen LogP contribution in [0, 0.1) is 10.1 Å². The lowest BCUT2D eigenvalue weighted by atomic mass is 9.93. The van der Waals surface area contributed by atoms with Crippen molar-refractivity contribution in [1.82, 2.24) is 0 Å². The Balaban J connectivity index is 2.58. The Morgan fingerprint density at radius 2 is 2.00 bits per heavy atom. The highest BCUT2D eigenvalue weighted by Crippen LogP contribution is 2.22. The highest BCUT2D eigenvalue weighted by Gasteiger charge is 2.11. The lowest BCUT2D eigenvalue weighted by molar-refractivity contribution is -0.481. The standard InChI is InChI=1S/C11H15NO2/c1-2-10(8-9-12(13)14)11-6-4-3-5-7-11/h3-7,10H,2,8-9H2,1H3/t10-/m0/s1. The van der Waals surface area contributed by atoms with Gasteiger partial charge in [-0.2, -0.15) is 0 Å². The molecule has 0 saturated carbocycles. The van der Waals surface area contributed by atoms with Gasteiger partial charge in [-0.25, -0.2) is 0 Å². The van der Waals surface area contributed by atoms with E-state index in [0.29, 0.717) is 12.3 Å². The van der Waals surface area contributed by atoms with Crippen molar-refractivity contribution >= 4 is 0 Å². The van der Waals surface area contributed by atoms with Crippen LogP contribution in [0.4, 0.5) is 0 Å². The Bertz CT molecular complexity index is 285. The average molecular weight is 193 g/mol. The first-order chi connectivity index (χ1) is 6.74. The molecule has 1 aromatic carbocycles. The molecular formula is C11H15NO2. The van der Waals surface area contributed by atoms with E-state index in [2.05, 4.69) is 6.92 Å². The molecule has 76 valence electrons. The van der Waals surface area contributed by atoms with Gasteiger partial charge in [0, 0.05) is 11.3 Å².